The van der Waals surface area contributed by atoms with Crippen molar-refractivity contribution in [3.63, 3.8) is 0 Å². The third-order valence-electron chi connectivity index (χ3n) is 5.97. The minimum Gasteiger partial charge on any atom is -0.363 e. The van der Waals surface area contributed by atoms with Gasteiger partial charge >= 0.3 is 0 Å². The molecule has 0 saturated heterocycles. The number of pyridine rings is 2. The van der Waals surface area contributed by atoms with E-state index in [1.165, 1.54) is 26.1 Å². The standard InChI is InChI=1S/C25H24F4N4O/c1-5-33-12-18-15(24(33)34)6-7-30-23(18)31-13(2)16-10-20(27)17(11-19(16)26)21-8-14(25(3,4)29)9-22(28)32-21/h6-11,13H,5,12H2,1-4H3,(H,30,31)/t13-/m0/s1. The number of alkyl halides is 1. The van der Waals surface area contributed by atoms with E-state index in [4.69, 9.17) is 0 Å². The third-order valence-corrected chi connectivity index (χ3v) is 5.97. The Morgan fingerprint density at radius 3 is 2.53 bits per heavy atom. The van der Waals surface area contributed by atoms with Crippen molar-refractivity contribution in [1.82, 2.24) is 14.9 Å². The van der Waals surface area contributed by atoms with Crippen LogP contribution in [0, 0.1) is 17.6 Å². The van der Waals surface area contributed by atoms with Crippen molar-refractivity contribution in [2.45, 2.75) is 46.0 Å². The molecule has 1 aliphatic heterocycles. The second-order valence-corrected chi connectivity index (χ2v) is 8.76. The van der Waals surface area contributed by atoms with Gasteiger partial charge in [-0.2, -0.15) is 4.39 Å². The number of carbonyl (C=O) groups is 1. The van der Waals surface area contributed by atoms with Gasteiger partial charge in [0.1, 0.15) is 23.1 Å². The normalized spacial score (nSPS) is 14.4. The molecule has 5 nitrogen and oxygen atoms in total. The lowest BCUT2D eigenvalue weighted by Gasteiger charge is -2.19. The Morgan fingerprint density at radius 1 is 1.12 bits per heavy atom. The predicted molar refractivity (Wildman–Crippen MR) is 120 cm³/mol. The molecule has 1 N–H and O–H groups in total. The van der Waals surface area contributed by atoms with Gasteiger partial charge in [0.15, 0.2) is 0 Å². The average molecular weight is 472 g/mol. The number of aromatic nitrogens is 2. The molecule has 1 aromatic carbocycles. The van der Waals surface area contributed by atoms with Gasteiger partial charge < -0.3 is 10.2 Å². The van der Waals surface area contributed by atoms with E-state index in [-0.39, 0.29) is 28.3 Å². The molecule has 34 heavy (non-hydrogen) atoms. The number of amides is 1. The zero-order chi connectivity index (χ0) is 24.8. The largest absolute Gasteiger partial charge is 0.363 e. The molecule has 0 bridgehead atoms. The molecule has 0 aliphatic carbocycles. The molecule has 0 saturated carbocycles. The van der Waals surface area contributed by atoms with Crippen LogP contribution in [-0.4, -0.2) is 27.3 Å². The topological polar surface area (TPSA) is 58.1 Å². The summed E-state index contributed by atoms with van der Waals surface area (Å²) in [6.45, 7) is 6.90. The first-order valence-corrected chi connectivity index (χ1v) is 10.9. The molecule has 9 heteroatoms. The fraction of sp³-hybridized carbons (Fsp3) is 0.320. The van der Waals surface area contributed by atoms with Crippen LogP contribution in [0.25, 0.3) is 11.3 Å². The van der Waals surface area contributed by atoms with Crippen LogP contribution in [-0.2, 0) is 12.2 Å². The van der Waals surface area contributed by atoms with E-state index in [0.717, 1.165) is 18.2 Å². The van der Waals surface area contributed by atoms with Crippen LogP contribution in [0.5, 0.6) is 0 Å². The molecule has 3 aromatic rings. The van der Waals surface area contributed by atoms with Gasteiger partial charge in [-0.1, -0.05) is 0 Å². The Morgan fingerprint density at radius 2 is 1.85 bits per heavy atom. The minimum atomic E-state index is -1.89. The Hall–Kier alpha value is -3.49. The quantitative estimate of drug-likeness (QED) is 0.358. The number of benzene rings is 1. The number of hydrogen-bond donors (Lipinski definition) is 1. The lowest BCUT2D eigenvalue weighted by molar-refractivity contribution is 0.0787. The number of anilines is 1. The zero-order valence-electron chi connectivity index (χ0n) is 19.2. The molecule has 2 aromatic heterocycles. The fourth-order valence-corrected chi connectivity index (χ4v) is 4.02. The maximum Gasteiger partial charge on any atom is 0.254 e. The molecule has 0 spiro atoms. The van der Waals surface area contributed by atoms with Gasteiger partial charge in [0, 0.05) is 35.0 Å². The van der Waals surface area contributed by atoms with E-state index >= 15 is 8.78 Å². The first-order chi connectivity index (χ1) is 16.0. The number of halogens is 4. The summed E-state index contributed by atoms with van der Waals surface area (Å²) in [4.78, 5) is 22.0. The van der Waals surface area contributed by atoms with Crippen LogP contribution in [0.15, 0.2) is 36.5 Å². The smallest absolute Gasteiger partial charge is 0.254 e. The van der Waals surface area contributed by atoms with Gasteiger partial charge in [-0.15, -0.1) is 0 Å². The van der Waals surface area contributed by atoms with Crippen LogP contribution in [0.4, 0.5) is 23.4 Å². The SMILES string of the molecule is CCN1Cc2c(ccnc2N[C@@H](C)c2cc(F)c(-c3cc(C(C)(C)F)cc(F)n3)cc2F)C1=O. The van der Waals surface area contributed by atoms with E-state index in [2.05, 4.69) is 15.3 Å². The molecule has 0 fully saturated rings. The zero-order valence-corrected chi connectivity index (χ0v) is 19.2. The Kier molecular flexibility index (Phi) is 6.05. The van der Waals surface area contributed by atoms with Crippen molar-refractivity contribution in [2.75, 3.05) is 11.9 Å². The molecular weight excluding hydrogens is 448 g/mol. The van der Waals surface area contributed by atoms with Crippen LogP contribution in [0.1, 0.15) is 60.8 Å². The van der Waals surface area contributed by atoms with Crippen molar-refractivity contribution < 1.29 is 22.4 Å². The van der Waals surface area contributed by atoms with Gasteiger partial charge in [0.25, 0.3) is 5.91 Å². The average Bonchev–Trinajstić information content (AvgIpc) is 3.10. The number of rotatable bonds is 6. The molecular formula is C25H24F4N4O. The van der Waals surface area contributed by atoms with E-state index < -0.39 is 29.3 Å². The second-order valence-electron chi connectivity index (χ2n) is 8.76. The summed E-state index contributed by atoms with van der Waals surface area (Å²) in [5, 5.41) is 3.07. The van der Waals surface area contributed by atoms with E-state index in [1.807, 2.05) is 6.92 Å². The van der Waals surface area contributed by atoms with E-state index in [1.54, 1.807) is 17.9 Å². The Labute approximate surface area is 194 Å². The summed E-state index contributed by atoms with van der Waals surface area (Å²) < 4.78 is 58.4. The number of carbonyl (C=O) groups excluding carboxylic acids is 1. The lowest BCUT2D eigenvalue weighted by atomic mass is 9.97. The molecule has 178 valence electrons. The van der Waals surface area contributed by atoms with Crippen molar-refractivity contribution in [2.24, 2.45) is 0 Å². The van der Waals surface area contributed by atoms with Gasteiger partial charge in [0.05, 0.1) is 18.3 Å². The summed E-state index contributed by atoms with van der Waals surface area (Å²) in [5.41, 5.74) is -1.16. The number of nitrogens with one attached hydrogen (secondary N) is 1. The molecule has 1 aliphatic rings. The summed E-state index contributed by atoms with van der Waals surface area (Å²) in [5.74, 6) is -2.25. The summed E-state index contributed by atoms with van der Waals surface area (Å²) in [6, 6.07) is 4.99. The number of nitrogens with zero attached hydrogens (tertiary/aromatic N) is 3. The highest BCUT2D eigenvalue weighted by molar-refractivity contribution is 5.99. The molecule has 3 heterocycles. The summed E-state index contributed by atoms with van der Waals surface area (Å²) in [6.07, 6.45) is 1.49. The minimum absolute atomic E-state index is 0.0137. The molecule has 4 rings (SSSR count). The van der Waals surface area contributed by atoms with Crippen LogP contribution >= 0.6 is 0 Å². The first kappa shape index (κ1) is 23.7. The molecule has 1 amide bonds. The highest BCUT2D eigenvalue weighted by Crippen LogP contribution is 2.34. The third kappa shape index (κ3) is 4.34. The summed E-state index contributed by atoms with van der Waals surface area (Å²) >= 11 is 0. The van der Waals surface area contributed by atoms with Crippen LogP contribution in [0.2, 0.25) is 0 Å². The van der Waals surface area contributed by atoms with Gasteiger partial charge in [-0.25, -0.2) is 23.1 Å². The Bertz CT molecular complexity index is 1270. The summed E-state index contributed by atoms with van der Waals surface area (Å²) in [7, 11) is 0. The number of hydrogen-bond acceptors (Lipinski definition) is 4. The highest BCUT2D eigenvalue weighted by atomic mass is 19.1. The second kappa shape index (κ2) is 8.70. The van der Waals surface area contributed by atoms with E-state index in [0.29, 0.717) is 30.0 Å². The van der Waals surface area contributed by atoms with Crippen LogP contribution in [0.3, 0.4) is 0 Å². The maximum absolute atomic E-state index is 15.1. The van der Waals surface area contributed by atoms with Crippen molar-refractivity contribution >= 4 is 11.7 Å². The van der Waals surface area contributed by atoms with Crippen molar-refractivity contribution in [3.05, 3.63) is 76.4 Å². The van der Waals surface area contributed by atoms with Crippen LogP contribution < -0.4 is 5.32 Å². The monoisotopic (exact) mass is 472 g/mol. The Balaban J connectivity index is 1.66. The van der Waals surface area contributed by atoms with Crippen molar-refractivity contribution in [1.29, 1.82) is 0 Å². The van der Waals surface area contributed by atoms with Gasteiger partial charge in [-0.05, 0) is 63.6 Å². The number of fused-ring (bicyclic) bond motifs is 1. The maximum atomic E-state index is 15.1. The molecule has 0 radical (unpaired) electrons. The van der Waals surface area contributed by atoms with E-state index in [9.17, 15) is 13.6 Å². The highest BCUT2D eigenvalue weighted by Gasteiger charge is 2.30. The predicted octanol–water partition coefficient (Wildman–Crippen LogP) is 5.91. The fourth-order valence-electron chi connectivity index (χ4n) is 4.02. The van der Waals surface area contributed by atoms with Gasteiger partial charge in [-0.3, -0.25) is 4.79 Å². The van der Waals surface area contributed by atoms with Gasteiger partial charge in [0.2, 0.25) is 5.95 Å². The first-order valence-electron chi connectivity index (χ1n) is 10.9. The molecule has 0 unspecified atom stereocenters. The lowest BCUT2D eigenvalue weighted by Crippen LogP contribution is -2.22. The molecule has 1 atom stereocenters. The van der Waals surface area contributed by atoms with Crippen molar-refractivity contribution in [3.8, 4) is 11.3 Å².